The van der Waals surface area contributed by atoms with Crippen LogP contribution in [0.5, 0.6) is 0 Å². The summed E-state index contributed by atoms with van der Waals surface area (Å²) in [5.74, 6) is 0.0468. The Bertz CT molecular complexity index is 389. The molecule has 5 heteroatoms. The van der Waals surface area contributed by atoms with Crippen molar-refractivity contribution >= 4 is 5.78 Å². The Balaban J connectivity index is 1.98. The molecule has 0 amide bonds. The zero-order valence-corrected chi connectivity index (χ0v) is 9.59. The van der Waals surface area contributed by atoms with Crippen molar-refractivity contribution in [3.05, 3.63) is 29.6 Å². The largest absolute Gasteiger partial charge is 0.346 e. The summed E-state index contributed by atoms with van der Waals surface area (Å²) >= 11 is 0. The zero-order chi connectivity index (χ0) is 12.1. The van der Waals surface area contributed by atoms with E-state index in [2.05, 4.69) is 4.98 Å². The molecule has 1 fully saturated rings. The second-order valence-corrected chi connectivity index (χ2v) is 3.90. The van der Waals surface area contributed by atoms with Crippen LogP contribution in [0.25, 0.3) is 0 Å². The Hall–Kier alpha value is -1.30. The summed E-state index contributed by atoms with van der Waals surface area (Å²) in [4.78, 5) is 15.3. The van der Waals surface area contributed by atoms with Gasteiger partial charge in [0.25, 0.3) is 0 Å². The summed E-state index contributed by atoms with van der Waals surface area (Å²) in [5.41, 5.74) is 7.07. The second kappa shape index (κ2) is 5.86. The number of carbonyl (C=O) groups is 1. The molecule has 1 aliphatic rings. The molecule has 0 radical (unpaired) electrons. The molecular weight excluding hydrogens is 220 g/mol. The minimum absolute atomic E-state index is 0.0468. The molecule has 92 valence electrons. The van der Waals surface area contributed by atoms with Gasteiger partial charge in [0, 0.05) is 23.9 Å². The SMILES string of the molecule is NCC(=O)CCc1cc(C2OCCO2)ccn1. The first-order chi connectivity index (χ1) is 8.29. The van der Waals surface area contributed by atoms with E-state index in [0.717, 1.165) is 11.3 Å². The highest BCUT2D eigenvalue weighted by molar-refractivity contribution is 5.80. The highest BCUT2D eigenvalue weighted by atomic mass is 16.7. The van der Waals surface area contributed by atoms with Crippen molar-refractivity contribution in [1.29, 1.82) is 0 Å². The lowest BCUT2D eigenvalue weighted by atomic mass is 10.1. The maximum atomic E-state index is 11.1. The van der Waals surface area contributed by atoms with Gasteiger partial charge in [-0.15, -0.1) is 0 Å². The Kier molecular flexibility index (Phi) is 4.19. The lowest BCUT2D eigenvalue weighted by Crippen LogP contribution is -2.14. The van der Waals surface area contributed by atoms with Crippen LogP contribution in [0, 0.1) is 0 Å². The highest BCUT2D eigenvalue weighted by Gasteiger charge is 2.18. The van der Waals surface area contributed by atoms with E-state index in [1.54, 1.807) is 6.20 Å². The number of pyridine rings is 1. The third-order valence-corrected chi connectivity index (χ3v) is 2.62. The van der Waals surface area contributed by atoms with Gasteiger partial charge in [-0.3, -0.25) is 9.78 Å². The quantitative estimate of drug-likeness (QED) is 0.809. The van der Waals surface area contributed by atoms with Crippen LogP contribution in [0.15, 0.2) is 18.3 Å². The predicted octanol–water partition coefficient (Wildman–Crippen LogP) is 0.587. The molecule has 0 saturated carbocycles. The van der Waals surface area contributed by atoms with Gasteiger partial charge >= 0.3 is 0 Å². The summed E-state index contributed by atoms with van der Waals surface area (Å²) in [6.45, 7) is 1.33. The lowest BCUT2D eigenvalue weighted by Gasteiger charge is -2.10. The number of ether oxygens (including phenoxy) is 2. The molecule has 0 unspecified atom stereocenters. The number of carbonyl (C=O) groups excluding carboxylic acids is 1. The molecule has 0 aromatic carbocycles. The summed E-state index contributed by atoms with van der Waals surface area (Å²) in [6.07, 6.45) is 2.46. The Morgan fingerprint density at radius 1 is 1.47 bits per heavy atom. The molecule has 2 heterocycles. The maximum Gasteiger partial charge on any atom is 0.184 e. The van der Waals surface area contributed by atoms with Crippen LogP contribution in [-0.2, 0) is 20.7 Å². The van der Waals surface area contributed by atoms with Crippen LogP contribution in [0.2, 0.25) is 0 Å². The van der Waals surface area contributed by atoms with Gasteiger partial charge in [-0.1, -0.05) is 0 Å². The van der Waals surface area contributed by atoms with Crippen LogP contribution in [0.3, 0.4) is 0 Å². The number of aryl methyl sites for hydroxylation is 1. The van der Waals surface area contributed by atoms with Gasteiger partial charge in [-0.25, -0.2) is 0 Å². The van der Waals surface area contributed by atoms with E-state index in [-0.39, 0.29) is 18.6 Å². The van der Waals surface area contributed by atoms with Crippen molar-refractivity contribution in [2.45, 2.75) is 19.1 Å². The first-order valence-corrected chi connectivity index (χ1v) is 5.69. The molecule has 5 nitrogen and oxygen atoms in total. The van der Waals surface area contributed by atoms with E-state index in [4.69, 9.17) is 15.2 Å². The molecule has 1 aromatic rings. The first-order valence-electron chi connectivity index (χ1n) is 5.69. The van der Waals surface area contributed by atoms with Crippen LogP contribution in [0.4, 0.5) is 0 Å². The number of ketones is 1. The van der Waals surface area contributed by atoms with Gasteiger partial charge in [0.2, 0.25) is 0 Å². The smallest absolute Gasteiger partial charge is 0.184 e. The van der Waals surface area contributed by atoms with Gasteiger partial charge in [-0.05, 0) is 18.6 Å². The molecule has 1 aromatic heterocycles. The predicted molar refractivity (Wildman–Crippen MR) is 61.3 cm³/mol. The van der Waals surface area contributed by atoms with Crippen molar-refractivity contribution in [3.8, 4) is 0 Å². The Morgan fingerprint density at radius 3 is 2.94 bits per heavy atom. The average molecular weight is 236 g/mol. The van der Waals surface area contributed by atoms with Crippen molar-refractivity contribution in [3.63, 3.8) is 0 Å². The molecule has 17 heavy (non-hydrogen) atoms. The molecular formula is C12H16N2O3. The Labute approximate surface area is 99.9 Å². The number of hydrogen-bond donors (Lipinski definition) is 1. The average Bonchev–Trinajstić information content (AvgIpc) is 2.90. The lowest BCUT2D eigenvalue weighted by molar-refractivity contribution is -0.117. The molecule has 1 saturated heterocycles. The number of aromatic nitrogens is 1. The maximum absolute atomic E-state index is 11.1. The fourth-order valence-corrected chi connectivity index (χ4v) is 1.70. The molecule has 2 N–H and O–H groups in total. The topological polar surface area (TPSA) is 74.4 Å². The van der Waals surface area contributed by atoms with Crippen LogP contribution < -0.4 is 5.73 Å². The second-order valence-electron chi connectivity index (χ2n) is 3.90. The monoisotopic (exact) mass is 236 g/mol. The van der Waals surface area contributed by atoms with E-state index in [1.807, 2.05) is 12.1 Å². The normalized spacial score (nSPS) is 16.3. The molecule has 0 spiro atoms. The van der Waals surface area contributed by atoms with Crippen molar-refractivity contribution in [1.82, 2.24) is 4.98 Å². The third-order valence-electron chi connectivity index (χ3n) is 2.62. The van der Waals surface area contributed by atoms with Gasteiger partial charge in [-0.2, -0.15) is 0 Å². The fourth-order valence-electron chi connectivity index (χ4n) is 1.70. The van der Waals surface area contributed by atoms with Gasteiger partial charge in [0.05, 0.1) is 19.8 Å². The number of nitrogens with zero attached hydrogens (tertiary/aromatic N) is 1. The van der Waals surface area contributed by atoms with Crippen molar-refractivity contribution < 1.29 is 14.3 Å². The summed E-state index contributed by atoms with van der Waals surface area (Å²) < 4.78 is 10.8. The first kappa shape index (κ1) is 12.2. The molecule has 0 atom stereocenters. The van der Waals surface area contributed by atoms with Crippen molar-refractivity contribution in [2.24, 2.45) is 5.73 Å². The number of Topliss-reactive ketones (excluding diaryl/α,β-unsaturated/α-hetero) is 1. The third kappa shape index (κ3) is 3.33. The molecule has 2 rings (SSSR count). The Morgan fingerprint density at radius 2 is 2.24 bits per heavy atom. The molecule has 1 aliphatic heterocycles. The zero-order valence-electron chi connectivity index (χ0n) is 9.59. The van der Waals surface area contributed by atoms with Gasteiger partial charge in [0.15, 0.2) is 6.29 Å². The van der Waals surface area contributed by atoms with Crippen LogP contribution in [-0.4, -0.2) is 30.5 Å². The molecule has 0 aliphatic carbocycles. The summed E-state index contributed by atoms with van der Waals surface area (Å²) in [6, 6.07) is 3.78. The fraction of sp³-hybridized carbons (Fsp3) is 0.500. The van der Waals surface area contributed by atoms with E-state index < -0.39 is 0 Å². The highest BCUT2D eigenvalue weighted by Crippen LogP contribution is 2.23. The van der Waals surface area contributed by atoms with E-state index in [0.29, 0.717) is 26.1 Å². The minimum atomic E-state index is -0.290. The number of hydrogen-bond acceptors (Lipinski definition) is 5. The standard InChI is InChI=1S/C12H16N2O3/c13-8-11(15)2-1-10-7-9(3-4-14-10)12-16-5-6-17-12/h3-4,7,12H,1-2,5-6,8,13H2. The van der Waals surface area contributed by atoms with Crippen LogP contribution in [0.1, 0.15) is 24.0 Å². The summed E-state index contributed by atoms with van der Waals surface area (Å²) in [5, 5.41) is 0. The van der Waals surface area contributed by atoms with Crippen LogP contribution >= 0.6 is 0 Å². The van der Waals surface area contributed by atoms with E-state index in [9.17, 15) is 4.79 Å². The van der Waals surface area contributed by atoms with E-state index >= 15 is 0 Å². The van der Waals surface area contributed by atoms with Gasteiger partial charge in [0.1, 0.15) is 5.78 Å². The minimum Gasteiger partial charge on any atom is -0.346 e. The van der Waals surface area contributed by atoms with Gasteiger partial charge < -0.3 is 15.2 Å². The summed E-state index contributed by atoms with van der Waals surface area (Å²) in [7, 11) is 0. The number of nitrogens with two attached hydrogens (primary N) is 1. The van der Waals surface area contributed by atoms with E-state index in [1.165, 1.54) is 0 Å². The number of rotatable bonds is 5. The molecule has 0 bridgehead atoms. The van der Waals surface area contributed by atoms with Crippen molar-refractivity contribution in [2.75, 3.05) is 19.8 Å².